The Balaban J connectivity index is 1.70. The van der Waals surface area contributed by atoms with Gasteiger partial charge in [-0.25, -0.2) is 0 Å². The van der Waals surface area contributed by atoms with Crippen molar-refractivity contribution in [2.24, 2.45) is 0 Å². The Bertz CT molecular complexity index is 394. The minimum Gasteiger partial charge on any atom is -0.494 e. The number of hydrogen-bond donors (Lipinski definition) is 1. The van der Waals surface area contributed by atoms with Crippen molar-refractivity contribution in [2.75, 3.05) is 39.9 Å². The van der Waals surface area contributed by atoms with Crippen LogP contribution in [-0.2, 0) is 0 Å². The first-order valence-corrected chi connectivity index (χ1v) is 8.07. The summed E-state index contributed by atoms with van der Waals surface area (Å²) in [4.78, 5) is 2.52. The van der Waals surface area contributed by atoms with Crippen LogP contribution in [0.4, 0.5) is 0 Å². The predicted octanol–water partition coefficient (Wildman–Crippen LogP) is 2.54. The highest BCUT2D eigenvalue weighted by Crippen LogP contribution is 2.19. The molecule has 0 saturated carbocycles. The van der Waals surface area contributed by atoms with Gasteiger partial charge >= 0.3 is 0 Å². The van der Waals surface area contributed by atoms with E-state index in [4.69, 9.17) is 9.47 Å². The Labute approximate surface area is 128 Å². The molecule has 4 nitrogen and oxygen atoms in total. The number of benzene rings is 1. The zero-order chi connectivity index (χ0) is 14.9. The Kier molecular flexibility index (Phi) is 6.83. The Morgan fingerprint density at radius 2 is 1.81 bits per heavy atom. The second-order valence-corrected chi connectivity index (χ2v) is 5.56. The van der Waals surface area contributed by atoms with Gasteiger partial charge in [-0.05, 0) is 57.1 Å². The van der Waals surface area contributed by atoms with Gasteiger partial charge in [0.15, 0.2) is 0 Å². The first kappa shape index (κ1) is 16.1. The molecule has 0 amide bonds. The molecule has 1 aromatic carbocycles. The van der Waals surface area contributed by atoms with Crippen LogP contribution in [0, 0.1) is 0 Å². The number of hydrogen-bond acceptors (Lipinski definition) is 4. The van der Waals surface area contributed by atoms with Crippen LogP contribution >= 0.6 is 0 Å². The SMILES string of the molecule is CCCOc1ccc(OCCN2CCCC2CNC)cc1. The van der Waals surface area contributed by atoms with E-state index in [2.05, 4.69) is 17.1 Å². The Morgan fingerprint density at radius 1 is 1.14 bits per heavy atom. The Morgan fingerprint density at radius 3 is 2.43 bits per heavy atom. The summed E-state index contributed by atoms with van der Waals surface area (Å²) in [6, 6.07) is 8.60. The molecule has 21 heavy (non-hydrogen) atoms. The van der Waals surface area contributed by atoms with Gasteiger partial charge in [0.2, 0.25) is 0 Å². The van der Waals surface area contributed by atoms with Gasteiger partial charge in [-0.1, -0.05) is 6.92 Å². The quantitative estimate of drug-likeness (QED) is 0.758. The molecule has 4 heteroatoms. The monoisotopic (exact) mass is 292 g/mol. The summed E-state index contributed by atoms with van der Waals surface area (Å²) in [6.07, 6.45) is 3.63. The van der Waals surface area contributed by atoms with Crippen LogP contribution in [0.1, 0.15) is 26.2 Å². The average Bonchev–Trinajstić information content (AvgIpc) is 2.94. The molecule has 0 spiro atoms. The zero-order valence-corrected chi connectivity index (χ0v) is 13.3. The lowest BCUT2D eigenvalue weighted by Gasteiger charge is -2.24. The molecule has 1 fully saturated rings. The standard InChI is InChI=1S/C17H28N2O2/c1-3-12-20-16-6-8-17(9-7-16)21-13-11-19-10-4-5-15(19)14-18-2/h6-9,15,18H,3-5,10-14H2,1-2H3. The number of likely N-dealkylation sites (tertiary alicyclic amines) is 1. The molecule has 1 heterocycles. The molecule has 2 rings (SSSR count). The Hall–Kier alpha value is -1.26. The normalized spacial score (nSPS) is 18.9. The summed E-state index contributed by atoms with van der Waals surface area (Å²) in [5, 5.41) is 3.27. The summed E-state index contributed by atoms with van der Waals surface area (Å²) in [7, 11) is 2.02. The molecule has 1 unspecified atom stereocenters. The van der Waals surface area contributed by atoms with Crippen LogP contribution in [0.3, 0.4) is 0 Å². The van der Waals surface area contributed by atoms with E-state index in [1.165, 1.54) is 19.4 Å². The summed E-state index contributed by atoms with van der Waals surface area (Å²) in [6.45, 7) is 6.89. The summed E-state index contributed by atoms with van der Waals surface area (Å²) >= 11 is 0. The summed E-state index contributed by atoms with van der Waals surface area (Å²) in [5.74, 6) is 1.83. The zero-order valence-electron chi connectivity index (χ0n) is 13.3. The first-order chi connectivity index (χ1) is 10.3. The fourth-order valence-corrected chi connectivity index (χ4v) is 2.79. The van der Waals surface area contributed by atoms with Gasteiger partial charge < -0.3 is 14.8 Å². The van der Waals surface area contributed by atoms with Crippen LogP contribution in [0.15, 0.2) is 24.3 Å². The fourth-order valence-electron chi connectivity index (χ4n) is 2.79. The smallest absolute Gasteiger partial charge is 0.119 e. The summed E-state index contributed by atoms with van der Waals surface area (Å²) in [5.41, 5.74) is 0. The van der Waals surface area contributed by atoms with E-state index >= 15 is 0 Å². The molecule has 1 N–H and O–H groups in total. The van der Waals surface area contributed by atoms with Crippen LogP contribution in [-0.4, -0.2) is 50.8 Å². The second kappa shape index (κ2) is 8.90. The van der Waals surface area contributed by atoms with Crippen LogP contribution < -0.4 is 14.8 Å². The van der Waals surface area contributed by atoms with Crippen LogP contribution in [0.2, 0.25) is 0 Å². The van der Waals surface area contributed by atoms with E-state index in [0.717, 1.165) is 44.2 Å². The van der Waals surface area contributed by atoms with E-state index in [1.54, 1.807) is 0 Å². The number of ether oxygens (including phenoxy) is 2. The maximum absolute atomic E-state index is 5.84. The number of nitrogens with one attached hydrogen (secondary N) is 1. The van der Waals surface area contributed by atoms with Gasteiger partial charge in [-0.15, -0.1) is 0 Å². The third-order valence-electron chi connectivity index (χ3n) is 3.88. The van der Waals surface area contributed by atoms with Gasteiger partial charge in [-0.2, -0.15) is 0 Å². The molecular formula is C17H28N2O2. The third kappa shape index (κ3) is 5.21. The van der Waals surface area contributed by atoms with Gasteiger partial charge in [-0.3, -0.25) is 4.90 Å². The topological polar surface area (TPSA) is 33.7 Å². The molecule has 0 bridgehead atoms. The van der Waals surface area contributed by atoms with E-state index in [-0.39, 0.29) is 0 Å². The van der Waals surface area contributed by atoms with Crippen LogP contribution in [0.5, 0.6) is 11.5 Å². The molecule has 1 aromatic rings. The molecule has 1 aliphatic heterocycles. The minimum atomic E-state index is 0.670. The lowest BCUT2D eigenvalue weighted by Crippen LogP contribution is -2.38. The highest BCUT2D eigenvalue weighted by atomic mass is 16.5. The van der Waals surface area contributed by atoms with Crippen molar-refractivity contribution in [1.82, 2.24) is 10.2 Å². The number of nitrogens with zero attached hydrogens (tertiary/aromatic N) is 1. The van der Waals surface area contributed by atoms with Crippen LogP contribution in [0.25, 0.3) is 0 Å². The molecule has 1 aliphatic rings. The highest BCUT2D eigenvalue weighted by molar-refractivity contribution is 5.31. The largest absolute Gasteiger partial charge is 0.494 e. The van der Waals surface area contributed by atoms with E-state index < -0.39 is 0 Å². The fraction of sp³-hybridized carbons (Fsp3) is 0.647. The molecule has 0 radical (unpaired) electrons. The molecule has 1 saturated heterocycles. The van der Waals surface area contributed by atoms with E-state index in [1.807, 2.05) is 31.3 Å². The van der Waals surface area contributed by atoms with Crippen molar-refractivity contribution in [2.45, 2.75) is 32.2 Å². The van der Waals surface area contributed by atoms with E-state index in [9.17, 15) is 0 Å². The predicted molar refractivity (Wildman–Crippen MR) is 86.2 cm³/mol. The maximum Gasteiger partial charge on any atom is 0.119 e. The van der Waals surface area contributed by atoms with Crippen molar-refractivity contribution in [3.05, 3.63) is 24.3 Å². The second-order valence-electron chi connectivity index (χ2n) is 5.56. The lowest BCUT2D eigenvalue weighted by atomic mass is 10.2. The van der Waals surface area contributed by atoms with Crippen molar-refractivity contribution in [3.63, 3.8) is 0 Å². The van der Waals surface area contributed by atoms with Gasteiger partial charge in [0.25, 0.3) is 0 Å². The van der Waals surface area contributed by atoms with E-state index in [0.29, 0.717) is 6.04 Å². The molecule has 1 atom stereocenters. The van der Waals surface area contributed by atoms with Gasteiger partial charge in [0.1, 0.15) is 18.1 Å². The van der Waals surface area contributed by atoms with Gasteiger partial charge in [0.05, 0.1) is 6.61 Å². The van der Waals surface area contributed by atoms with Crippen molar-refractivity contribution in [1.29, 1.82) is 0 Å². The molecule has 118 valence electrons. The molecular weight excluding hydrogens is 264 g/mol. The lowest BCUT2D eigenvalue weighted by molar-refractivity contribution is 0.195. The number of likely N-dealkylation sites (N-methyl/N-ethyl adjacent to an activating group) is 1. The average molecular weight is 292 g/mol. The van der Waals surface area contributed by atoms with Crippen molar-refractivity contribution >= 4 is 0 Å². The first-order valence-electron chi connectivity index (χ1n) is 8.07. The summed E-state index contributed by atoms with van der Waals surface area (Å²) < 4.78 is 11.4. The third-order valence-corrected chi connectivity index (χ3v) is 3.88. The maximum atomic E-state index is 5.84. The minimum absolute atomic E-state index is 0.670. The van der Waals surface area contributed by atoms with Gasteiger partial charge in [0, 0.05) is 19.1 Å². The van der Waals surface area contributed by atoms with Crippen molar-refractivity contribution < 1.29 is 9.47 Å². The van der Waals surface area contributed by atoms with Crippen molar-refractivity contribution in [3.8, 4) is 11.5 Å². The highest BCUT2D eigenvalue weighted by Gasteiger charge is 2.23. The molecule has 0 aliphatic carbocycles. The molecule has 0 aromatic heterocycles. The number of rotatable bonds is 9.